The van der Waals surface area contributed by atoms with E-state index in [1.807, 2.05) is 24.3 Å². The largest absolute Gasteiger partial charge is 0.493 e. The molecule has 1 aliphatic heterocycles. The molecule has 2 aromatic rings. The summed E-state index contributed by atoms with van der Waals surface area (Å²) in [7, 11) is 0. The third kappa shape index (κ3) is 3.48. The van der Waals surface area contributed by atoms with Gasteiger partial charge in [-0.1, -0.05) is 24.3 Å². The van der Waals surface area contributed by atoms with Gasteiger partial charge in [-0.05, 0) is 43.0 Å². The predicted molar refractivity (Wildman–Crippen MR) is 87.9 cm³/mol. The fraction of sp³-hybridized carbons (Fsp3) is 0.333. The van der Waals surface area contributed by atoms with Crippen molar-refractivity contribution in [2.45, 2.75) is 19.3 Å². The molecule has 0 aliphatic carbocycles. The van der Waals surface area contributed by atoms with Crippen LogP contribution in [0.5, 0.6) is 5.75 Å². The molecule has 0 bridgehead atoms. The van der Waals surface area contributed by atoms with Gasteiger partial charge in [-0.25, -0.2) is 0 Å². The van der Waals surface area contributed by atoms with Crippen LogP contribution in [-0.4, -0.2) is 19.7 Å². The monoisotopic (exact) mass is 282 g/mol. The summed E-state index contributed by atoms with van der Waals surface area (Å²) in [4.78, 5) is 2.47. The van der Waals surface area contributed by atoms with Crippen molar-refractivity contribution in [3.8, 4) is 5.75 Å². The van der Waals surface area contributed by atoms with Gasteiger partial charge >= 0.3 is 0 Å². The summed E-state index contributed by atoms with van der Waals surface area (Å²) >= 11 is 0. The number of nitrogen functional groups attached to an aromatic ring is 1. The van der Waals surface area contributed by atoms with Gasteiger partial charge in [0.2, 0.25) is 0 Å². The molecule has 0 spiro atoms. The Hall–Kier alpha value is -2.16. The minimum Gasteiger partial charge on any atom is -0.493 e. The van der Waals surface area contributed by atoms with Crippen molar-refractivity contribution in [3.63, 3.8) is 0 Å². The van der Waals surface area contributed by atoms with E-state index in [0.29, 0.717) is 0 Å². The fourth-order valence-electron chi connectivity index (χ4n) is 2.89. The highest BCUT2D eigenvalue weighted by Gasteiger charge is 2.15. The second kappa shape index (κ2) is 6.53. The summed E-state index contributed by atoms with van der Waals surface area (Å²) < 4.78 is 5.76. The Morgan fingerprint density at radius 3 is 2.90 bits per heavy atom. The first-order chi connectivity index (χ1) is 10.3. The topological polar surface area (TPSA) is 38.5 Å². The summed E-state index contributed by atoms with van der Waals surface area (Å²) in [5, 5.41) is 0. The smallest absolute Gasteiger partial charge is 0.121 e. The van der Waals surface area contributed by atoms with E-state index in [1.54, 1.807) is 0 Å². The zero-order valence-corrected chi connectivity index (χ0v) is 12.3. The molecule has 0 saturated heterocycles. The van der Waals surface area contributed by atoms with E-state index in [2.05, 4.69) is 29.2 Å². The molecule has 1 heterocycles. The highest BCUT2D eigenvalue weighted by molar-refractivity contribution is 5.55. The standard InChI is InChI=1S/C18H22N2O/c19-16-8-3-9-17(14-16)21-13-5-12-20-11-4-7-15-6-1-2-10-18(15)20/h1-3,6,8-10,14H,4-5,7,11-13,19H2. The van der Waals surface area contributed by atoms with E-state index in [0.717, 1.165) is 37.6 Å². The molecule has 3 heteroatoms. The first kappa shape index (κ1) is 13.8. The quantitative estimate of drug-likeness (QED) is 0.674. The van der Waals surface area contributed by atoms with Gasteiger partial charge in [-0.15, -0.1) is 0 Å². The van der Waals surface area contributed by atoms with Crippen LogP contribution in [-0.2, 0) is 6.42 Å². The van der Waals surface area contributed by atoms with E-state index in [9.17, 15) is 0 Å². The molecule has 2 aromatic carbocycles. The fourth-order valence-corrected chi connectivity index (χ4v) is 2.89. The van der Waals surface area contributed by atoms with E-state index < -0.39 is 0 Å². The third-order valence-corrected chi connectivity index (χ3v) is 3.91. The number of hydrogen-bond acceptors (Lipinski definition) is 3. The molecule has 0 radical (unpaired) electrons. The Morgan fingerprint density at radius 1 is 1.10 bits per heavy atom. The Morgan fingerprint density at radius 2 is 2.00 bits per heavy atom. The maximum atomic E-state index is 5.76. The summed E-state index contributed by atoms with van der Waals surface area (Å²) in [6, 6.07) is 16.3. The first-order valence-corrected chi connectivity index (χ1v) is 7.64. The van der Waals surface area contributed by atoms with Crippen molar-refractivity contribution < 1.29 is 4.74 Å². The van der Waals surface area contributed by atoms with Crippen LogP contribution >= 0.6 is 0 Å². The van der Waals surface area contributed by atoms with Crippen molar-refractivity contribution in [1.29, 1.82) is 0 Å². The lowest BCUT2D eigenvalue weighted by molar-refractivity contribution is 0.311. The lowest BCUT2D eigenvalue weighted by Gasteiger charge is -2.31. The maximum absolute atomic E-state index is 5.76. The number of para-hydroxylation sites is 1. The molecular formula is C18H22N2O. The number of benzene rings is 2. The molecule has 110 valence electrons. The molecule has 0 unspecified atom stereocenters. The van der Waals surface area contributed by atoms with Crippen LogP contribution in [0.15, 0.2) is 48.5 Å². The van der Waals surface area contributed by atoms with Gasteiger partial charge in [0.05, 0.1) is 6.61 Å². The predicted octanol–water partition coefficient (Wildman–Crippen LogP) is 3.49. The molecule has 3 rings (SSSR count). The second-order valence-electron chi connectivity index (χ2n) is 5.49. The lowest BCUT2D eigenvalue weighted by atomic mass is 10.0. The molecule has 3 nitrogen and oxygen atoms in total. The molecule has 0 aromatic heterocycles. The van der Waals surface area contributed by atoms with Gasteiger partial charge in [-0.2, -0.15) is 0 Å². The van der Waals surface area contributed by atoms with Crippen molar-refractivity contribution in [3.05, 3.63) is 54.1 Å². The zero-order chi connectivity index (χ0) is 14.5. The van der Waals surface area contributed by atoms with Gasteiger partial charge in [0.15, 0.2) is 0 Å². The summed E-state index contributed by atoms with van der Waals surface area (Å²) in [5.74, 6) is 0.856. The molecule has 1 aliphatic rings. The van der Waals surface area contributed by atoms with Crippen LogP contribution in [0.1, 0.15) is 18.4 Å². The Kier molecular flexibility index (Phi) is 4.29. The molecule has 21 heavy (non-hydrogen) atoms. The number of rotatable bonds is 5. The zero-order valence-electron chi connectivity index (χ0n) is 12.3. The normalized spacial score (nSPS) is 13.8. The van der Waals surface area contributed by atoms with Crippen LogP contribution in [0, 0.1) is 0 Å². The lowest BCUT2D eigenvalue weighted by Crippen LogP contribution is -2.31. The number of fused-ring (bicyclic) bond motifs is 1. The molecule has 2 N–H and O–H groups in total. The average molecular weight is 282 g/mol. The van der Waals surface area contributed by atoms with Crippen LogP contribution in [0.25, 0.3) is 0 Å². The van der Waals surface area contributed by atoms with E-state index in [-0.39, 0.29) is 0 Å². The SMILES string of the molecule is Nc1cccc(OCCCN2CCCc3ccccc32)c1. The average Bonchev–Trinajstić information content (AvgIpc) is 2.52. The molecule has 0 fully saturated rings. The minimum atomic E-state index is 0.724. The van der Waals surface area contributed by atoms with Gasteiger partial charge in [0, 0.05) is 30.5 Å². The maximum Gasteiger partial charge on any atom is 0.121 e. The number of ether oxygens (including phenoxy) is 1. The van der Waals surface area contributed by atoms with E-state index in [1.165, 1.54) is 24.1 Å². The van der Waals surface area contributed by atoms with Gasteiger partial charge in [0.1, 0.15) is 5.75 Å². The van der Waals surface area contributed by atoms with Gasteiger partial charge in [0.25, 0.3) is 0 Å². The second-order valence-corrected chi connectivity index (χ2v) is 5.49. The number of aryl methyl sites for hydroxylation is 1. The van der Waals surface area contributed by atoms with Crippen LogP contribution in [0.2, 0.25) is 0 Å². The van der Waals surface area contributed by atoms with Gasteiger partial charge < -0.3 is 15.4 Å². The summed E-state index contributed by atoms with van der Waals surface area (Å²) in [5.41, 5.74) is 9.36. The van der Waals surface area contributed by atoms with Crippen molar-refractivity contribution >= 4 is 11.4 Å². The van der Waals surface area contributed by atoms with E-state index in [4.69, 9.17) is 10.5 Å². The number of nitrogens with two attached hydrogens (primary N) is 1. The molecular weight excluding hydrogens is 260 g/mol. The van der Waals surface area contributed by atoms with Crippen LogP contribution < -0.4 is 15.4 Å². The Balaban J connectivity index is 1.50. The molecule has 0 atom stereocenters. The van der Waals surface area contributed by atoms with E-state index >= 15 is 0 Å². The third-order valence-electron chi connectivity index (χ3n) is 3.91. The number of nitrogens with zero attached hydrogens (tertiary/aromatic N) is 1. The molecule has 0 saturated carbocycles. The van der Waals surface area contributed by atoms with Crippen LogP contribution in [0.3, 0.4) is 0 Å². The summed E-state index contributed by atoms with van der Waals surface area (Å²) in [6.45, 7) is 2.91. The van der Waals surface area contributed by atoms with Crippen molar-refractivity contribution in [1.82, 2.24) is 0 Å². The van der Waals surface area contributed by atoms with Crippen molar-refractivity contribution in [2.75, 3.05) is 30.3 Å². The Bertz CT molecular complexity index is 597. The van der Waals surface area contributed by atoms with Gasteiger partial charge in [-0.3, -0.25) is 0 Å². The summed E-state index contributed by atoms with van der Waals surface area (Å²) in [6.07, 6.45) is 3.46. The first-order valence-electron chi connectivity index (χ1n) is 7.64. The minimum absolute atomic E-state index is 0.724. The molecule has 0 amide bonds. The number of anilines is 2. The highest BCUT2D eigenvalue weighted by atomic mass is 16.5. The number of hydrogen-bond donors (Lipinski definition) is 1. The van der Waals surface area contributed by atoms with Crippen molar-refractivity contribution in [2.24, 2.45) is 0 Å². The Labute approximate surface area is 126 Å². The highest BCUT2D eigenvalue weighted by Crippen LogP contribution is 2.26. The van der Waals surface area contributed by atoms with Crippen LogP contribution in [0.4, 0.5) is 11.4 Å².